The maximum absolute atomic E-state index is 13.7. The number of hydrogen-bond acceptors (Lipinski definition) is 3. The van der Waals surface area contributed by atoms with Crippen molar-refractivity contribution in [1.29, 1.82) is 0 Å². The molecule has 1 aliphatic heterocycles. The smallest absolute Gasteiger partial charge is 0.125 e. The lowest BCUT2D eigenvalue weighted by atomic mass is 9.80. The SMILES string of the molecule is Cc1nc2ccc(-c3ccc4c(c3)CC(C)C(Cc3ccnc5cc(F)ccc35)CCO4)cc2[nH]1. The second kappa shape index (κ2) is 8.81. The summed E-state index contributed by atoms with van der Waals surface area (Å²) in [5, 5.41) is 1.04. The molecule has 0 saturated heterocycles. The summed E-state index contributed by atoms with van der Waals surface area (Å²) in [6.07, 6.45) is 4.67. The van der Waals surface area contributed by atoms with Crippen molar-refractivity contribution in [2.24, 2.45) is 11.8 Å². The minimum Gasteiger partial charge on any atom is -0.493 e. The van der Waals surface area contributed by atoms with E-state index in [1.807, 2.05) is 13.0 Å². The number of ether oxygens (including phenoxy) is 1. The minimum absolute atomic E-state index is 0.246. The van der Waals surface area contributed by atoms with Crippen LogP contribution in [-0.2, 0) is 12.8 Å². The second-order valence-corrected chi connectivity index (χ2v) is 9.79. The normalized spacial score (nSPS) is 18.1. The zero-order chi connectivity index (χ0) is 23.9. The number of imidazole rings is 1. The van der Waals surface area contributed by atoms with E-state index in [0.29, 0.717) is 18.4 Å². The van der Waals surface area contributed by atoms with Gasteiger partial charge in [-0.3, -0.25) is 4.98 Å². The molecule has 6 rings (SSSR count). The summed E-state index contributed by atoms with van der Waals surface area (Å²) in [4.78, 5) is 12.2. The van der Waals surface area contributed by atoms with Gasteiger partial charge in [-0.1, -0.05) is 19.1 Å². The standard InChI is InChI=1S/C30H28FN3O/c1-18-13-24-15-21(22-3-7-27-29(16-22)34-19(2)33-27)4-8-30(24)35-12-10-20(18)14-23-9-11-32-28-17-25(31)5-6-26(23)28/h3-9,11,15-18,20H,10,12-14H2,1-2H3,(H,33,34). The van der Waals surface area contributed by atoms with Crippen LogP contribution in [0.4, 0.5) is 4.39 Å². The van der Waals surface area contributed by atoms with Gasteiger partial charge in [0.2, 0.25) is 0 Å². The van der Waals surface area contributed by atoms with E-state index in [9.17, 15) is 4.39 Å². The number of halogens is 1. The molecule has 0 spiro atoms. The lowest BCUT2D eigenvalue weighted by molar-refractivity contribution is 0.222. The van der Waals surface area contributed by atoms with Crippen LogP contribution in [0, 0.1) is 24.6 Å². The highest BCUT2D eigenvalue weighted by molar-refractivity contribution is 5.83. The molecule has 5 aromatic rings. The number of aromatic amines is 1. The van der Waals surface area contributed by atoms with Crippen LogP contribution in [0.25, 0.3) is 33.1 Å². The van der Waals surface area contributed by atoms with Gasteiger partial charge >= 0.3 is 0 Å². The van der Waals surface area contributed by atoms with Gasteiger partial charge in [0.25, 0.3) is 0 Å². The molecule has 0 amide bonds. The summed E-state index contributed by atoms with van der Waals surface area (Å²) in [7, 11) is 0. The fourth-order valence-corrected chi connectivity index (χ4v) is 5.44. The van der Waals surface area contributed by atoms with Crippen molar-refractivity contribution in [1.82, 2.24) is 15.0 Å². The number of hydrogen-bond donors (Lipinski definition) is 1. The number of nitrogens with one attached hydrogen (secondary N) is 1. The Morgan fingerprint density at radius 3 is 2.77 bits per heavy atom. The molecule has 5 heteroatoms. The van der Waals surface area contributed by atoms with Crippen molar-refractivity contribution in [3.05, 3.63) is 89.6 Å². The lowest BCUT2D eigenvalue weighted by Gasteiger charge is -2.28. The van der Waals surface area contributed by atoms with Crippen molar-refractivity contribution in [2.75, 3.05) is 6.61 Å². The van der Waals surface area contributed by atoms with Crippen LogP contribution < -0.4 is 4.74 Å². The first-order chi connectivity index (χ1) is 17.0. The van der Waals surface area contributed by atoms with Gasteiger partial charge in [0, 0.05) is 17.6 Å². The fourth-order valence-electron chi connectivity index (χ4n) is 5.44. The van der Waals surface area contributed by atoms with Gasteiger partial charge in [-0.2, -0.15) is 0 Å². The highest BCUT2D eigenvalue weighted by Crippen LogP contribution is 2.35. The first-order valence-electron chi connectivity index (χ1n) is 12.3. The number of H-pyrrole nitrogens is 1. The van der Waals surface area contributed by atoms with Gasteiger partial charge in [-0.25, -0.2) is 9.37 Å². The van der Waals surface area contributed by atoms with Gasteiger partial charge in [0.15, 0.2) is 0 Å². The first-order valence-corrected chi connectivity index (χ1v) is 12.3. The quantitative estimate of drug-likeness (QED) is 0.311. The molecule has 176 valence electrons. The van der Waals surface area contributed by atoms with Crippen molar-refractivity contribution in [3.8, 4) is 16.9 Å². The first kappa shape index (κ1) is 21.8. The maximum atomic E-state index is 13.7. The van der Waals surface area contributed by atoms with E-state index in [2.05, 4.69) is 64.3 Å². The Labute approximate surface area is 204 Å². The molecule has 0 fully saturated rings. The molecular weight excluding hydrogens is 437 g/mol. The predicted molar refractivity (Wildman–Crippen MR) is 138 cm³/mol. The summed E-state index contributed by atoms with van der Waals surface area (Å²) in [5.41, 5.74) is 7.60. The van der Waals surface area contributed by atoms with Crippen molar-refractivity contribution < 1.29 is 9.13 Å². The molecule has 4 nitrogen and oxygen atoms in total. The minimum atomic E-state index is -0.246. The molecule has 1 N–H and O–H groups in total. The van der Waals surface area contributed by atoms with E-state index in [4.69, 9.17) is 4.74 Å². The van der Waals surface area contributed by atoms with Crippen LogP contribution in [0.1, 0.15) is 30.3 Å². The molecule has 2 aromatic heterocycles. The van der Waals surface area contributed by atoms with Crippen LogP contribution in [0.5, 0.6) is 5.75 Å². The van der Waals surface area contributed by atoms with Crippen molar-refractivity contribution >= 4 is 21.9 Å². The summed E-state index contributed by atoms with van der Waals surface area (Å²) < 4.78 is 19.9. The Kier molecular flexibility index (Phi) is 5.48. The molecule has 1 aliphatic rings. The third-order valence-electron chi connectivity index (χ3n) is 7.36. The third-order valence-corrected chi connectivity index (χ3v) is 7.36. The highest BCUT2D eigenvalue weighted by Gasteiger charge is 2.24. The number of pyridine rings is 1. The van der Waals surface area contributed by atoms with Gasteiger partial charge in [0.05, 0.1) is 23.2 Å². The Balaban J connectivity index is 1.28. The lowest BCUT2D eigenvalue weighted by Crippen LogP contribution is -2.22. The second-order valence-electron chi connectivity index (χ2n) is 9.79. The topological polar surface area (TPSA) is 50.8 Å². The average Bonchev–Trinajstić information content (AvgIpc) is 3.22. The number of fused-ring (bicyclic) bond motifs is 3. The largest absolute Gasteiger partial charge is 0.493 e. The molecule has 0 radical (unpaired) electrons. The van der Waals surface area contributed by atoms with Crippen molar-refractivity contribution in [2.45, 2.75) is 33.1 Å². The molecular formula is C30H28FN3O. The van der Waals surface area contributed by atoms with E-state index in [1.165, 1.54) is 34.4 Å². The van der Waals surface area contributed by atoms with E-state index in [-0.39, 0.29) is 5.82 Å². The number of benzene rings is 3. The van der Waals surface area contributed by atoms with E-state index >= 15 is 0 Å². The molecule has 0 bridgehead atoms. The van der Waals surface area contributed by atoms with E-state index < -0.39 is 0 Å². The fraction of sp³-hybridized carbons (Fsp3) is 0.267. The Bertz CT molecular complexity index is 1540. The van der Waals surface area contributed by atoms with Gasteiger partial charge < -0.3 is 9.72 Å². The van der Waals surface area contributed by atoms with E-state index in [1.54, 1.807) is 6.20 Å². The van der Waals surface area contributed by atoms with Crippen LogP contribution >= 0.6 is 0 Å². The Morgan fingerprint density at radius 1 is 1.00 bits per heavy atom. The van der Waals surface area contributed by atoms with Crippen LogP contribution in [-0.4, -0.2) is 21.6 Å². The molecule has 0 saturated carbocycles. The summed E-state index contributed by atoms with van der Waals surface area (Å²) in [5.74, 6) is 2.61. The number of nitrogens with zero attached hydrogens (tertiary/aromatic N) is 2. The van der Waals surface area contributed by atoms with Gasteiger partial charge in [-0.05, 0) is 103 Å². The van der Waals surface area contributed by atoms with E-state index in [0.717, 1.165) is 52.8 Å². The molecule has 2 unspecified atom stereocenters. The third kappa shape index (κ3) is 4.27. The summed E-state index contributed by atoms with van der Waals surface area (Å²) >= 11 is 0. The predicted octanol–water partition coefficient (Wildman–Crippen LogP) is 7.05. The molecule has 3 heterocycles. The Hall–Kier alpha value is -3.73. The number of aromatic nitrogens is 3. The molecule has 2 atom stereocenters. The maximum Gasteiger partial charge on any atom is 0.125 e. The van der Waals surface area contributed by atoms with Crippen LogP contribution in [0.15, 0.2) is 66.9 Å². The molecule has 35 heavy (non-hydrogen) atoms. The highest BCUT2D eigenvalue weighted by atomic mass is 19.1. The summed E-state index contributed by atoms with van der Waals surface area (Å²) in [6, 6.07) is 19.9. The zero-order valence-electron chi connectivity index (χ0n) is 20.0. The summed E-state index contributed by atoms with van der Waals surface area (Å²) in [6.45, 7) is 5.01. The number of aryl methyl sites for hydroxylation is 1. The zero-order valence-corrected chi connectivity index (χ0v) is 20.0. The monoisotopic (exact) mass is 465 g/mol. The molecule has 0 aliphatic carbocycles. The van der Waals surface area contributed by atoms with Gasteiger partial charge in [0.1, 0.15) is 17.4 Å². The van der Waals surface area contributed by atoms with Gasteiger partial charge in [-0.15, -0.1) is 0 Å². The van der Waals surface area contributed by atoms with Crippen molar-refractivity contribution in [3.63, 3.8) is 0 Å². The average molecular weight is 466 g/mol. The number of rotatable bonds is 3. The van der Waals surface area contributed by atoms with Crippen LogP contribution in [0.2, 0.25) is 0 Å². The van der Waals surface area contributed by atoms with Crippen LogP contribution in [0.3, 0.4) is 0 Å². The molecule has 3 aromatic carbocycles. The Morgan fingerprint density at radius 2 is 1.86 bits per heavy atom.